The van der Waals surface area contributed by atoms with Gasteiger partial charge < -0.3 is 15.5 Å². The number of nitrogens with zero attached hydrogens (tertiary/aromatic N) is 1. The third-order valence-electron chi connectivity index (χ3n) is 3.95. The van der Waals surface area contributed by atoms with Gasteiger partial charge in [0.15, 0.2) is 0 Å². The molecule has 22 heavy (non-hydrogen) atoms. The molecule has 1 aromatic carbocycles. The van der Waals surface area contributed by atoms with Gasteiger partial charge in [0.25, 0.3) is 0 Å². The fraction of sp³-hybridized carbons (Fsp3) is 0.529. The number of benzene rings is 1. The van der Waals surface area contributed by atoms with Crippen molar-refractivity contribution in [2.45, 2.75) is 46.1 Å². The quantitative estimate of drug-likeness (QED) is 0.877. The molecule has 0 saturated carbocycles. The predicted molar refractivity (Wildman–Crippen MR) is 89.2 cm³/mol. The summed E-state index contributed by atoms with van der Waals surface area (Å²) < 4.78 is 0. The zero-order valence-electron chi connectivity index (χ0n) is 13.6. The van der Waals surface area contributed by atoms with Gasteiger partial charge in [0.1, 0.15) is 0 Å². The van der Waals surface area contributed by atoms with Crippen LogP contribution in [0.5, 0.6) is 0 Å². The molecule has 2 N–H and O–H groups in total. The summed E-state index contributed by atoms with van der Waals surface area (Å²) in [6, 6.07) is 5.58. The lowest BCUT2D eigenvalue weighted by atomic mass is 10.0. The average molecular weight is 303 g/mol. The molecular formula is C17H25N3O2. The molecule has 0 radical (unpaired) electrons. The summed E-state index contributed by atoms with van der Waals surface area (Å²) in [6.45, 7) is 7.06. The summed E-state index contributed by atoms with van der Waals surface area (Å²) in [5.41, 5.74) is 2.82. The largest absolute Gasteiger partial charge is 0.325 e. The number of nitrogens with one attached hydrogen (secondary N) is 2. The van der Waals surface area contributed by atoms with Gasteiger partial charge in [0.05, 0.1) is 6.04 Å². The van der Waals surface area contributed by atoms with Gasteiger partial charge in [0.2, 0.25) is 11.8 Å². The van der Waals surface area contributed by atoms with E-state index < -0.39 is 0 Å². The van der Waals surface area contributed by atoms with Crippen molar-refractivity contribution in [3.05, 3.63) is 23.8 Å². The van der Waals surface area contributed by atoms with E-state index in [2.05, 4.69) is 17.6 Å². The Labute approximate surface area is 132 Å². The first-order valence-electron chi connectivity index (χ1n) is 7.98. The minimum Gasteiger partial charge on any atom is -0.325 e. The lowest BCUT2D eigenvalue weighted by Crippen LogP contribution is -2.38. The van der Waals surface area contributed by atoms with Crippen LogP contribution in [0.2, 0.25) is 0 Å². The van der Waals surface area contributed by atoms with E-state index in [0.717, 1.165) is 49.3 Å². The monoisotopic (exact) mass is 303 g/mol. The maximum Gasteiger partial charge on any atom is 0.241 e. The third-order valence-corrected chi connectivity index (χ3v) is 3.95. The predicted octanol–water partition coefficient (Wildman–Crippen LogP) is 2.31. The molecular weight excluding hydrogens is 278 g/mol. The zero-order valence-corrected chi connectivity index (χ0v) is 13.6. The van der Waals surface area contributed by atoms with Gasteiger partial charge in [-0.3, -0.25) is 9.59 Å². The molecule has 1 aliphatic heterocycles. The van der Waals surface area contributed by atoms with Gasteiger partial charge in [-0.1, -0.05) is 13.0 Å². The average Bonchev–Trinajstić information content (AvgIpc) is 2.51. The highest BCUT2D eigenvalue weighted by Crippen LogP contribution is 2.30. The van der Waals surface area contributed by atoms with Crippen molar-refractivity contribution in [1.29, 1.82) is 0 Å². The molecule has 2 rings (SSSR count). The van der Waals surface area contributed by atoms with Crippen LogP contribution in [0.4, 0.5) is 11.4 Å². The van der Waals surface area contributed by atoms with E-state index in [9.17, 15) is 9.59 Å². The van der Waals surface area contributed by atoms with Gasteiger partial charge in [-0.05, 0) is 50.4 Å². The Hall–Kier alpha value is -1.88. The van der Waals surface area contributed by atoms with Gasteiger partial charge in [0, 0.05) is 24.8 Å². The molecule has 1 atom stereocenters. The minimum atomic E-state index is -0.236. The number of rotatable bonds is 5. The van der Waals surface area contributed by atoms with Crippen LogP contribution in [-0.2, 0) is 16.0 Å². The van der Waals surface area contributed by atoms with E-state index in [4.69, 9.17) is 0 Å². The van der Waals surface area contributed by atoms with Crippen LogP contribution >= 0.6 is 0 Å². The minimum absolute atomic E-state index is 0.0439. The fourth-order valence-electron chi connectivity index (χ4n) is 2.68. The van der Waals surface area contributed by atoms with Crippen molar-refractivity contribution in [3.8, 4) is 0 Å². The molecule has 5 heteroatoms. The van der Waals surface area contributed by atoms with Gasteiger partial charge >= 0.3 is 0 Å². The van der Waals surface area contributed by atoms with Crippen LogP contribution in [0, 0.1) is 0 Å². The summed E-state index contributed by atoms with van der Waals surface area (Å²) in [5, 5.41) is 6.09. The number of fused-ring (bicyclic) bond motifs is 1. The zero-order chi connectivity index (χ0) is 16.1. The van der Waals surface area contributed by atoms with E-state index in [0.29, 0.717) is 0 Å². The molecule has 0 aliphatic carbocycles. The molecule has 0 fully saturated rings. The van der Waals surface area contributed by atoms with Crippen LogP contribution in [0.3, 0.4) is 0 Å². The summed E-state index contributed by atoms with van der Waals surface area (Å²) in [7, 11) is 0. The maximum absolute atomic E-state index is 12.1. The third kappa shape index (κ3) is 3.85. The smallest absolute Gasteiger partial charge is 0.241 e. The molecule has 1 unspecified atom stereocenters. The number of aryl methyl sites for hydroxylation is 1. The van der Waals surface area contributed by atoms with Gasteiger partial charge in [-0.15, -0.1) is 0 Å². The van der Waals surface area contributed by atoms with Crippen molar-refractivity contribution in [1.82, 2.24) is 5.32 Å². The Bertz CT molecular complexity index is 557. The molecule has 2 amide bonds. The fourth-order valence-corrected chi connectivity index (χ4v) is 2.68. The van der Waals surface area contributed by atoms with Crippen molar-refractivity contribution >= 4 is 23.2 Å². The highest BCUT2D eigenvalue weighted by atomic mass is 16.2. The first-order valence-corrected chi connectivity index (χ1v) is 7.98. The number of carbonyl (C=O) groups is 2. The SMILES string of the molecule is CCCNC(C)C(=O)Nc1ccc2c(c1)N(C(C)=O)CCC2. The second-order valence-electron chi connectivity index (χ2n) is 5.78. The van der Waals surface area contributed by atoms with Crippen LogP contribution in [0.15, 0.2) is 18.2 Å². The summed E-state index contributed by atoms with van der Waals surface area (Å²) >= 11 is 0. The Balaban J connectivity index is 2.11. The first kappa shape index (κ1) is 16.5. The Morgan fingerprint density at radius 3 is 2.82 bits per heavy atom. The molecule has 0 aromatic heterocycles. The lowest BCUT2D eigenvalue weighted by Gasteiger charge is -2.29. The van der Waals surface area contributed by atoms with Crippen molar-refractivity contribution < 1.29 is 9.59 Å². The highest BCUT2D eigenvalue weighted by molar-refractivity contribution is 5.97. The molecule has 0 saturated heterocycles. The second kappa shape index (κ2) is 7.40. The molecule has 120 valence electrons. The number of carbonyl (C=O) groups excluding carboxylic acids is 2. The molecule has 1 aromatic rings. The van der Waals surface area contributed by atoms with Gasteiger partial charge in [-0.25, -0.2) is 0 Å². The molecule has 1 heterocycles. The van der Waals surface area contributed by atoms with E-state index in [1.807, 2.05) is 25.1 Å². The molecule has 0 spiro atoms. The van der Waals surface area contributed by atoms with Crippen LogP contribution in [0.1, 0.15) is 39.2 Å². The standard InChI is InChI=1S/C17H25N3O2/c1-4-9-18-12(2)17(22)19-15-8-7-14-6-5-10-20(13(3)21)16(14)11-15/h7-8,11-12,18H,4-6,9-10H2,1-3H3,(H,19,22). The van der Waals surface area contributed by atoms with Crippen LogP contribution in [-0.4, -0.2) is 30.9 Å². The number of hydrogen-bond acceptors (Lipinski definition) is 3. The van der Waals surface area contributed by atoms with Crippen LogP contribution in [0.25, 0.3) is 0 Å². The van der Waals surface area contributed by atoms with E-state index >= 15 is 0 Å². The highest BCUT2D eigenvalue weighted by Gasteiger charge is 2.21. The van der Waals surface area contributed by atoms with Crippen molar-refractivity contribution in [3.63, 3.8) is 0 Å². The van der Waals surface area contributed by atoms with E-state index in [1.165, 1.54) is 0 Å². The van der Waals surface area contributed by atoms with Crippen molar-refractivity contribution in [2.24, 2.45) is 0 Å². The molecule has 5 nitrogen and oxygen atoms in total. The normalized spacial score (nSPS) is 15.1. The Morgan fingerprint density at radius 2 is 2.14 bits per heavy atom. The topological polar surface area (TPSA) is 61.4 Å². The van der Waals surface area contributed by atoms with Crippen molar-refractivity contribution in [2.75, 3.05) is 23.3 Å². The number of anilines is 2. The van der Waals surface area contributed by atoms with E-state index in [1.54, 1.807) is 11.8 Å². The molecule has 0 bridgehead atoms. The van der Waals surface area contributed by atoms with Gasteiger partial charge in [-0.2, -0.15) is 0 Å². The van der Waals surface area contributed by atoms with E-state index in [-0.39, 0.29) is 17.9 Å². The summed E-state index contributed by atoms with van der Waals surface area (Å²) in [5.74, 6) is -0.0130. The van der Waals surface area contributed by atoms with Crippen LogP contribution < -0.4 is 15.5 Å². The maximum atomic E-state index is 12.1. The summed E-state index contributed by atoms with van der Waals surface area (Å²) in [4.78, 5) is 25.7. The first-order chi connectivity index (χ1) is 10.5. The Morgan fingerprint density at radius 1 is 1.36 bits per heavy atom. The Kier molecular flexibility index (Phi) is 5.55. The second-order valence-corrected chi connectivity index (χ2v) is 5.78. The summed E-state index contributed by atoms with van der Waals surface area (Å²) in [6.07, 6.45) is 2.95. The molecule has 1 aliphatic rings. The number of amides is 2. The lowest BCUT2D eigenvalue weighted by molar-refractivity contribution is -0.118. The number of hydrogen-bond donors (Lipinski definition) is 2.